The molecule has 0 amide bonds. The van der Waals surface area contributed by atoms with E-state index in [2.05, 4.69) is 26.7 Å². The van der Waals surface area contributed by atoms with Gasteiger partial charge in [0.25, 0.3) is 0 Å². The highest BCUT2D eigenvalue weighted by Gasteiger charge is 2.61. The topological polar surface area (TPSA) is 49.7 Å². The minimum Gasteiger partial charge on any atom is -0.387 e. The van der Waals surface area contributed by atoms with Crippen molar-refractivity contribution >= 4 is 0 Å². The molecular weight excluding hydrogens is 408 g/mol. The Balaban J connectivity index is 1.27. The molecule has 4 saturated carbocycles. The van der Waals surface area contributed by atoms with Crippen LogP contribution in [0.1, 0.15) is 104 Å². The normalized spacial score (nSPS) is 52.8. The summed E-state index contributed by atoms with van der Waals surface area (Å²) in [6, 6.07) is 0. The SMILES string of the molecule is C#C[C@]1(O)CCC2(C)[C@@H](CC[C@@H]3[C@@H]2CC[C@]2(C)[C@@H]([C@H](C)CCC4(O)CCCOC4)CC[C@@H]32)C1. The maximum atomic E-state index is 11.0. The predicted octanol–water partition coefficient (Wildman–Crippen LogP) is 5.97. The highest BCUT2D eigenvalue weighted by Crippen LogP contribution is 2.68. The highest BCUT2D eigenvalue weighted by molar-refractivity contribution is 5.16. The summed E-state index contributed by atoms with van der Waals surface area (Å²) < 4.78 is 5.60. The number of ether oxygens (including phenoxy) is 1. The average molecular weight is 457 g/mol. The fourth-order valence-electron chi connectivity index (χ4n) is 10.1. The first kappa shape index (κ1) is 24.1. The number of aliphatic hydroxyl groups is 2. The third kappa shape index (κ3) is 4.01. The van der Waals surface area contributed by atoms with Gasteiger partial charge in [0, 0.05) is 6.61 Å². The molecule has 2 unspecified atom stereocenters. The number of fused-ring (bicyclic) bond motifs is 5. The standard InChI is InChI=1S/C30H48O3/c1-5-29(31)17-16-27(3)22(19-29)7-8-23-25-10-9-24(28(25,4)14-12-26(23)27)21(2)11-15-30(32)13-6-18-33-20-30/h1,21-26,31-32H,6-20H2,2-4H3/t21-,22+,23+,24-,25+,26+,27?,28-,29+,30?/m1/s1. The van der Waals surface area contributed by atoms with Gasteiger partial charge in [-0.1, -0.05) is 26.7 Å². The van der Waals surface area contributed by atoms with E-state index in [1.54, 1.807) is 0 Å². The first-order valence-electron chi connectivity index (χ1n) is 14.1. The molecule has 5 fully saturated rings. The van der Waals surface area contributed by atoms with E-state index in [0.717, 1.165) is 75.2 Å². The minimum absolute atomic E-state index is 0.362. The summed E-state index contributed by atoms with van der Waals surface area (Å²) in [4.78, 5) is 0. The molecule has 5 aliphatic rings. The molecule has 0 aromatic heterocycles. The van der Waals surface area contributed by atoms with Crippen LogP contribution in [0.4, 0.5) is 0 Å². The van der Waals surface area contributed by atoms with Gasteiger partial charge >= 0.3 is 0 Å². The molecule has 0 bridgehead atoms. The van der Waals surface area contributed by atoms with Crippen LogP contribution in [0.3, 0.4) is 0 Å². The fraction of sp³-hybridized carbons (Fsp3) is 0.933. The second-order valence-electron chi connectivity index (χ2n) is 13.7. The Bertz CT molecular complexity index is 765. The highest BCUT2D eigenvalue weighted by atomic mass is 16.5. The molecular formula is C30H48O3. The maximum absolute atomic E-state index is 11.0. The molecule has 186 valence electrons. The van der Waals surface area contributed by atoms with E-state index in [0.29, 0.717) is 29.3 Å². The van der Waals surface area contributed by atoms with Crippen LogP contribution in [0, 0.1) is 58.7 Å². The lowest BCUT2D eigenvalue weighted by Crippen LogP contribution is -2.55. The summed E-state index contributed by atoms with van der Waals surface area (Å²) in [6.45, 7) is 8.99. The molecule has 4 aliphatic carbocycles. The van der Waals surface area contributed by atoms with Gasteiger partial charge in [-0.25, -0.2) is 0 Å². The van der Waals surface area contributed by atoms with Crippen molar-refractivity contribution in [3.63, 3.8) is 0 Å². The summed E-state index contributed by atoms with van der Waals surface area (Å²) in [5.74, 6) is 7.31. The van der Waals surface area contributed by atoms with Crippen molar-refractivity contribution in [3.05, 3.63) is 0 Å². The van der Waals surface area contributed by atoms with E-state index in [9.17, 15) is 10.2 Å². The smallest absolute Gasteiger partial charge is 0.125 e. The van der Waals surface area contributed by atoms with E-state index >= 15 is 0 Å². The Morgan fingerprint density at radius 2 is 1.76 bits per heavy atom. The van der Waals surface area contributed by atoms with Crippen LogP contribution in [0.2, 0.25) is 0 Å². The molecule has 2 N–H and O–H groups in total. The Morgan fingerprint density at radius 3 is 2.48 bits per heavy atom. The van der Waals surface area contributed by atoms with E-state index < -0.39 is 11.2 Å². The van der Waals surface area contributed by atoms with Crippen molar-refractivity contribution in [1.82, 2.24) is 0 Å². The monoisotopic (exact) mass is 456 g/mol. The molecule has 1 aliphatic heterocycles. The molecule has 0 aromatic rings. The van der Waals surface area contributed by atoms with Gasteiger partial charge in [-0.05, 0) is 130 Å². The van der Waals surface area contributed by atoms with E-state index in [1.165, 1.54) is 38.5 Å². The Kier molecular flexibility index (Phi) is 6.24. The molecule has 0 radical (unpaired) electrons. The number of hydrogen-bond acceptors (Lipinski definition) is 3. The van der Waals surface area contributed by atoms with Crippen molar-refractivity contribution in [2.24, 2.45) is 46.3 Å². The zero-order valence-electron chi connectivity index (χ0n) is 21.5. The van der Waals surface area contributed by atoms with Crippen molar-refractivity contribution in [2.45, 2.75) is 115 Å². The van der Waals surface area contributed by atoms with Crippen LogP contribution in [0.15, 0.2) is 0 Å². The quantitative estimate of drug-likeness (QED) is 0.513. The van der Waals surface area contributed by atoms with Crippen molar-refractivity contribution in [2.75, 3.05) is 13.2 Å². The van der Waals surface area contributed by atoms with E-state index in [1.807, 2.05) is 0 Å². The van der Waals surface area contributed by atoms with Gasteiger partial charge in [-0.15, -0.1) is 6.42 Å². The lowest BCUT2D eigenvalue weighted by atomic mass is 9.43. The number of terminal acetylenes is 1. The van der Waals surface area contributed by atoms with Crippen LogP contribution < -0.4 is 0 Å². The molecule has 0 spiro atoms. The second-order valence-corrected chi connectivity index (χ2v) is 13.7. The summed E-state index contributed by atoms with van der Waals surface area (Å²) in [7, 11) is 0. The predicted molar refractivity (Wildman–Crippen MR) is 132 cm³/mol. The first-order valence-corrected chi connectivity index (χ1v) is 14.1. The minimum atomic E-state index is -0.860. The third-order valence-electron chi connectivity index (χ3n) is 12.1. The second kappa shape index (κ2) is 8.53. The van der Waals surface area contributed by atoms with Gasteiger partial charge in [0.2, 0.25) is 0 Å². The van der Waals surface area contributed by atoms with Gasteiger partial charge in [0.15, 0.2) is 0 Å². The molecule has 1 saturated heterocycles. The maximum Gasteiger partial charge on any atom is 0.125 e. The van der Waals surface area contributed by atoms with Crippen molar-refractivity contribution in [3.8, 4) is 12.3 Å². The lowest BCUT2D eigenvalue weighted by molar-refractivity contribution is -0.140. The number of hydrogen-bond donors (Lipinski definition) is 2. The Morgan fingerprint density at radius 1 is 0.970 bits per heavy atom. The molecule has 1 heterocycles. The fourth-order valence-corrected chi connectivity index (χ4v) is 10.1. The third-order valence-corrected chi connectivity index (χ3v) is 12.1. The Hall–Kier alpha value is -0.560. The van der Waals surface area contributed by atoms with Crippen molar-refractivity contribution < 1.29 is 14.9 Å². The van der Waals surface area contributed by atoms with Gasteiger partial charge in [0.05, 0.1) is 12.2 Å². The molecule has 0 aromatic carbocycles. The number of rotatable bonds is 4. The van der Waals surface area contributed by atoms with Gasteiger partial charge in [-0.2, -0.15) is 0 Å². The van der Waals surface area contributed by atoms with Gasteiger partial charge in [0.1, 0.15) is 5.60 Å². The van der Waals surface area contributed by atoms with Crippen LogP contribution >= 0.6 is 0 Å². The van der Waals surface area contributed by atoms with Crippen LogP contribution in [-0.4, -0.2) is 34.6 Å². The molecule has 3 nitrogen and oxygen atoms in total. The van der Waals surface area contributed by atoms with Crippen molar-refractivity contribution in [1.29, 1.82) is 0 Å². The summed E-state index contributed by atoms with van der Waals surface area (Å²) in [5.41, 5.74) is -0.621. The van der Waals surface area contributed by atoms with Crippen LogP contribution in [-0.2, 0) is 4.74 Å². The first-order chi connectivity index (χ1) is 15.6. The summed E-state index contributed by atoms with van der Waals surface area (Å²) >= 11 is 0. The van der Waals surface area contributed by atoms with Crippen LogP contribution in [0.5, 0.6) is 0 Å². The van der Waals surface area contributed by atoms with E-state index in [4.69, 9.17) is 11.2 Å². The average Bonchev–Trinajstić information content (AvgIpc) is 3.16. The molecule has 33 heavy (non-hydrogen) atoms. The molecule has 10 atom stereocenters. The zero-order valence-corrected chi connectivity index (χ0v) is 21.5. The van der Waals surface area contributed by atoms with Gasteiger partial charge in [-0.3, -0.25) is 0 Å². The molecule has 3 heteroatoms. The zero-order chi connectivity index (χ0) is 23.5. The van der Waals surface area contributed by atoms with Crippen LogP contribution in [0.25, 0.3) is 0 Å². The lowest BCUT2D eigenvalue weighted by Gasteiger charge is -2.62. The Labute approximate surface area is 202 Å². The molecule has 5 rings (SSSR count). The van der Waals surface area contributed by atoms with E-state index in [-0.39, 0.29) is 0 Å². The van der Waals surface area contributed by atoms with Gasteiger partial charge < -0.3 is 14.9 Å². The summed E-state index contributed by atoms with van der Waals surface area (Å²) in [6.07, 6.45) is 20.4. The largest absolute Gasteiger partial charge is 0.387 e. The summed E-state index contributed by atoms with van der Waals surface area (Å²) in [5, 5.41) is 21.8.